The van der Waals surface area contributed by atoms with Crippen LogP contribution < -0.4 is 0 Å². The Labute approximate surface area is 340 Å². The molecule has 0 amide bonds. The van der Waals surface area contributed by atoms with Gasteiger partial charge < -0.3 is 18.9 Å². The number of phosphoric ester groups is 1. The molecular weight excluding hydrogens is 713 g/mol. The van der Waals surface area contributed by atoms with Crippen LogP contribution in [0.25, 0.3) is 0 Å². The van der Waals surface area contributed by atoms with E-state index in [9.17, 15) is 19.0 Å². The smallest absolute Gasteiger partial charge is 0.462 e. The lowest BCUT2D eigenvalue weighted by Gasteiger charge is -2.24. The van der Waals surface area contributed by atoms with E-state index in [0.717, 1.165) is 38.5 Å². The van der Waals surface area contributed by atoms with Gasteiger partial charge in [-0.2, -0.15) is 0 Å². The van der Waals surface area contributed by atoms with Crippen LogP contribution in [0.4, 0.5) is 0 Å². The first-order chi connectivity index (χ1) is 26.5. The van der Waals surface area contributed by atoms with Crippen molar-refractivity contribution in [2.24, 2.45) is 0 Å². The zero-order valence-electron chi connectivity index (χ0n) is 36.9. The minimum Gasteiger partial charge on any atom is -0.462 e. The minimum atomic E-state index is -4.37. The van der Waals surface area contributed by atoms with Crippen LogP contribution >= 0.6 is 7.82 Å². The van der Waals surface area contributed by atoms with Crippen LogP contribution in [0.2, 0.25) is 0 Å². The van der Waals surface area contributed by atoms with Gasteiger partial charge in [0.25, 0.3) is 0 Å². The van der Waals surface area contributed by atoms with Crippen molar-refractivity contribution >= 4 is 19.8 Å². The molecule has 0 aromatic heterocycles. The Bertz CT molecular complexity index is 912. The van der Waals surface area contributed by atoms with Gasteiger partial charge in [-0.25, -0.2) is 4.57 Å². The predicted molar refractivity (Wildman–Crippen MR) is 229 cm³/mol. The number of nitrogens with zero attached hydrogens (tertiary/aromatic N) is 1. The summed E-state index contributed by atoms with van der Waals surface area (Å²) in [6, 6.07) is 0. The molecule has 10 heteroatoms. The van der Waals surface area contributed by atoms with Crippen molar-refractivity contribution in [3.8, 4) is 0 Å². The van der Waals surface area contributed by atoms with Gasteiger partial charge in [0, 0.05) is 12.8 Å². The summed E-state index contributed by atoms with van der Waals surface area (Å²) in [5, 5.41) is 0. The average molecular weight is 805 g/mol. The minimum absolute atomic E-state index is 0.0369. The SMILES string of the molecule is CCCCCCCCCCCCCCCCCCC(=O)O[C@H](COC(=O)CCCCCCCCCCCCCCCCC)COP(=O)(O)OCC[N+](C)(C)C. The number of phosphoric acid groups is 1. The van der Waals surface area contributed by atoms with Crippen LogP contribution in [0.3, 0.4) is 0 Å². The molecule has 0 radical (unpaired) electrons. The summed E-state index contributed by atoms with van der Waals surface area (Å²) < 4.78 is 34.4. The van der Waals surface area contributed by atoms with Gasteiger partial charge in [0.05, 0.1) is 27.7 Å². The van der Waals surface area contributed by atoms with Crippen LogP contribution in [0.1, 0.15) is 226 Å². The van der Waals surface area contributed by atoms with Gasteiger partial charge in [-0.05, 0) is 12.8 Å². The lowest BCUT2D eigenvalue weighted by Crippen LogP contribution is -2.37. The highest BCUT2D eigenvalue weighted by molar-refractivity contribution is 7.47. The van der Waals surface area contributed by atoms with E-state index >= 15 is 0 Å². The maximum absolute atomic E-state index is 12.7. The number of carbonyl (C=O) groups is 2. The molecule has 1 N–H and O–H groups in total. The highest BCUT2D eigenvalue weighted by Crippen LogP contribution is 2.43. The number of hydrogen-bond donors (Lipinski definition) is 1. The molecule has 1 unspecified atom stereocenters. The molecule has 0 heterocycles. The van der Waals surface area contributed by atoms with E-state index in [4.69, 9.17) is 18.5 Å². The molecule has 0 aromatic rings. The second kappa shape index (κ2) is 38.5. The summed E-state index contributed by atoms with van der Waals surface area (Å²) in [5.41, 5.74) is 0. The lowest BCUT2D eigenvalue weighted by atomic mass is 10.0. The van der Waals surface area contributed by atoms with Crippen LogP contribution in [-0.2, 0) is 32.7 Å². The van der Waals surface area contributed by atoms with E-state index < -0.39 is 26.5 Å². The Morgan fingerprint density at radius 1 is 0.491 bits per heavy atom. The molecule has 0 aliphatic rings. The van der Waals surface area contributed by atoms with E-state index in [1.165, 1.54) is 161 Å². The maximum Gasteiger partial charge on any atom is 0.472 e. The topological polar surface area (TPSA) is 108 Å². The fraction of sp³-hybridized carbons (Fsp3) is 0.956. The van der Waals surface area contributed by atoms with Crippen LogP contribution in [-0.4, -0.2) is 74.9 Å². The molecule has 55 heavy (non-hydrogen) atoms. The number of ether oxygens (including phenoxy) is 2. The van der Waals surface area contributed by atoms with Gasteiger partial charge in [-0.1, -0.05) is 200 Å². The summed E-state index contributed by atoms with van der Waals surface area (Å²) in [5.74, 6) is -0.781. The summed E-state index contributed by atoms with van der Waals surface area (Å²) >= 11 is 0. The monoisotopic (exact) mass is 805 g/mol. The zero-order valence-corrected chi connectivity index (χ0v) is 37.8. The molecule has 0 bridgehead atoms. The zero-order chi connectivity index (χ0) is 40.7. The first-order valence-corrected chi connectivity index (χ1v) is 24.8. The molecule has 0 rings (SSSR count). The van der Waals surface area contributed by atoms with Crippen molar-refractivity contribution in [3.63, 3.8) is 0 Å². The third-order valence-corrected chi connectivity index (χ3v) is 11.4. The normalized spacial score (nSPS) is 13.5. The van der Waals surface area contributed by atoms with E-state index in [1.807, 2.05) is 21.1 Å². The van der Waals surface area contributed by atoms with E-state index in [0.29, 0.717) is 17.4 Å². The molecule has 0 aliphatic carbocycles. The number of likely N-dealkylation sites (N-methyl/N-ethyl adjacent to an activating group) is 1. The average Bonchev–Trinajstić information content (AvgIpc) is 3.13. The van der Waals surface area contributed by atoms with Crippen molar-refractivity contribution in [1.29, 1.82) is 0 Å². The molecule has 0 aliphatic heterocycles. The molecule has 0 fully saturated rings. The number of unbranched alkanes of at least 4 members (excludes halogenated alkanes) is 29. The van der Waals surface area contributed by atoms with Crippen LogP contribution in [0, 0.1) is 0 Å². The molecule has 0 saturated carbocycles. The van der Waals surface area contributed by atoms with Crippen LogP contribution in [0.5, 0.6) is 0 Å². The highest BCUT2D eigenvalue weighted by atomic mass is 31.2. The third kappa shape index (κ3) is 42.4. The van der Waals surface area contributed by atoms with Gasteiger partial charge in [0.1, 0.15) is 19.8 Å². The summed E-state index contributed by atoms with van der Waals surface area (Å²) in [7, 11) is 1.49. The number of rotatable bonds is 43. The molecule has 0 saturated heterocycles. The summed E-state index contributed by atoms with van der Waals surface area (Å²) in [6.45, 7) is 4.47. The molecule has 328 valence electrons. The Morgan fingerprint density at radius 3 is 1.16 bits per heavy atom. The second-order valence-electron chi connectivity index (χ2n) is 17.2. The highest BCUT2D eigenvalue weighted by Gasteiger charge is 2.27. The van der Waals surface area contributed by atoms with Crippen molar-refractivity contribution < 1.29 is 42.1 Å². The number of hydrogen-bond acceptors (Lipinski definition) is 7. The van der Waals surface area contributed by atoms with E-state index in [-0.39, 0.29) is 25.6 Å². The van der Waals surface area contributed by atoms with Crippen molar-refractivity contribution in [2.45, 2.75) is 232 Å². The predicted octanol–water partition coefficient (Wildman–Crippen LogP) is 13.2. The van der Waals surface area contributed by atoms with Gasteiger partial charge in [-0.15, -0.1) is 0 Å². The fourth-order valence-electron chi connectivity index (χ4n) is 6.72. The van der Waals surface area contributed by atoms with E-state index in [2.05, 4.69) is 13.8 Å². The standard InChI is InChI=1S/C45H90NO8P/c1-6-8-10-12-14-16-18-20-22-24-26-28-30-32-34-36-38-45(48)54-43(42-53-55(49,50)52-40-39-46(3,4)5)41-51-44(47)37-35-33-31-29-27-25-23-21-19-17-15-13-11-9-7-2/h43H,6-42H2,1-5H3/p+1/t43-/m1/s1. The Hall–Kier alpha value is -0.990. The van der Waals surface area contributed by atoms with E-state index in [1.54, 1.807) is 0 Å². The molecule has 9 nitrogen and oxygen atoms in total. The Morgan fingerprint density at radius 2 is 0.818 bits per heavy atom. The van der Waals surface area contributed by atoms with Crippen molar-refractivity contribution in [3.05, 3.63) is 0 Å². The fourth-order valence-corrected chi connectivity index (χ4v) is 7.46. The number of quaternary nitrogens is 1. The Balaban J connectivity index is 4.28. The molecule has 2 atom stereocenters. The first kappa shape index (κ1) is 54.0. The molecule has 0 aromatic carbocycles. The third-order valence-electron chi connectivity index (χ3n) is 10.4. The van der Waals surface area contributed by atoms with Gasteiger partial charge in [0.15, 0.2) is 6.10 Å². The quantitative estimate of drug-likeness (QED) is 0.0281. The number of esters is 2. The summed E-state index contributed by atoms with van der Waals surface area (Å²) in [4.78, 5) is 35.4. The summed E-state index contributed by atoms with van der Waals surface area (Å²) in [6.07, 6.45) is 38.5. The maximum atomic E-state index is 12.7. The second-order valence-corrected chi connectivity index (χ2v) is 18.6. The van der Waals surface area contributed by atoms with Crippen molar-refractivity contribution in [2.75, 3.05) is 47.5 Å². The van der Waals surface area contributed by atoms with Crippen LogP contribution in [0.15, 0.2) is 0 Å². The Kier molecular flexibility index (Phi) is 37.8. The van der Waals surface area contributed by atoms with Crippen molar-refractivity contribution in [1.82, 2.24) is 0 Å². The largest absolute Gasteiger partial charge is 0.472 e. The molecular formula is C45H91NO8P+. The van der Waals surface area contributed by atoms with Gasteiger partial charge in [-0.3, -0.25) is 18.6 Å². The first-order valence-electron chi connectivity index (χ1n) is 23.3. The van der Waals surface area contributed by atoms with Gasteiger partial charge >= 0.3 is 19.8 Å². The van der Waals surface area contributed by atoms with Gasteiger partial charge in [0.2, 0.25) is 0 Å². The lowest BCUT2D eigenvalue weighted by molar-refractivity contribution is -0.870. The number of carbonyl (C=O) groups excluding carboxylic acids is 2. The molecule has 0 spiro atoms.